The fraction of sp³-hybridized carbons (Fsp3) is 0.571. The average Bonchev–Trinajstić information content (AvgIpc) is 2.38. The lowest BCUT2D eigenvalue weighted by atomic mass is 10.2. The minimum Gasteiger partial charge on any atom is -0.493 e. The smallest absolute Gasteiger partial charge is 0.243 e. The van der Waals surface area contributed by atoms with Crippen molar-refractivity contribution in [3.8, 4) is 5.75 Å². The second-order valence-corrected chi connectivity index (χ2v) is 6.70. The molecule has 0 aliphatic carbocycles. The van der Waals surface area contributed by atoms with Crippen LogP contribution in [-0.4, -0.2) is 32.4 Å². The summed E-state index contributed by atoms with van der Waals surface area (Å²) >= 11 is 0. The van der Waals surface area contributed by atoms with Crippen molar-refractivity contribution in [2.45, 2.75) is 32.6 Å². The molecule has 0 amide bonds. The highest BCUT2D eigenvalue weighted by molar-refractivity contribution is 7.89. The fourth-order valence-electron chi connectivity index (χ4n) is 1.68. The van der Waals surface area contributed by atoms with Crippen LogP contribution in [0.15, 0.2) is 29.2 Å². The molecular weight excluding hydrogens is 262 g/mol. The number of hydrogen-bond donors (Lipinski definition) is 0. The summed E-state index contributed by atoms with van der Waals surface area (Å²) in [6, 6.07) is 6.62. The zero-order valence-corrected chi connectivity index (χ0v) is 12.9. The van der Waals surface area contributed by atoms with Crippen LogP contribution in [0.4, 0.5) is 0 Å². The Bertz CT molecular complexity index is 476. The standard InChI is InChI=1S/C14H23NO3S/c1-5-15(6-2)19(16,17)14-9-7-13(8-10-14)18-11-12(3)4/h7-10,12H,5-6,11H2,1-4H3. The molecule has 0 saturated heterocycles. The van der Waals surface area contributed by atoms with E-state index in [1.54, 1.807) is 24.3 Å². The van der Waals surface area contributed by atoms with Gasteiger partial charge in [-0.25, -0.2) is 8.42 Å². The van der Waals surface area contributed by atoms with E-state index in [0.29, 0.717) is 36.3 Å². The average molecular weight is 285 g/mol. The summed E-state index contributed by atoms with van der Waals surface area (Å²) in [4.78, 5) is 0.313. The molecular formula is C14H23NO3S. The summed E-state index contributed by atoms with van der Waals surface area (Å²) in [5.74, 6) is 1.14. The van der Waals surface area contributed by atoms with Crippen LogP contribution in [0.1, 0.15) is 27.7 Å². The second-order valence-electron chi connectivity index (χ2n) is 4.77. The SMILES string of the molecule is CCN(CC)S(=O)(=O)c1ccc(OCC(C)C)cc1. The Morgan fingerprint density at radius 2 is 1.63 bits per heavy atom. The van der Waals surface area contributed by atoms with Gasteiger partial charge in [-0.2, -0.15) is 4.31 Å². The van der Waals surface area contributed by atoms with E-state index in [4.69, 9.17) is 4.74 Å². The molecule has 0 fully saturated rings. The van der Waals surface area contributed by atoms with Crippen molar-refractivity contribution in [1.29, 1.82) is 0 Å². The molecule has 0 bridgehead atoms. The lowest BCUT2D eigenvalue weighted by Gasteiger charge is -2.18. The Morgan fingerprint density at radius 3 is 2.05 bits per heavy atom. The van der Waals surface area contributed by atoms with Crippen LogP contribution in [-0.2, 0) is 10.0 Å². The monoisotopic (exact) mass is 285 g/mol. The van der Waals surface area contributed by atoms with E-state index in [1.165, 1.54) is 4.31 Å². The van der Waals surface area contributed by atoms with E-state index in [0.717, 1.165) is 0 Å². The molecule has 0 aliphatic rings. The first-order valence-corrected chi connectivity index (χ1v) is 8.08. The van der Waals surface area contributed by atoms with Gasteiger partial charge in [-0.1, -0.05) is 27.7 Å². The summed E-state index contributed by atoms with van der Waals surface area (Å²) in [5, 5.41) is 0. The maximum atomic E-state index is 12.3. The molecule has 4 nitrogen and oxygen atoms in total. The molecule has 5 heteroatoms. The van der Waals surface area contributed by atoms with Crippen LogP contribution in [0.25, 0.3) is 0 Å². The fourth-order valence-corrected chi connectivity index (χ4v) is 3.14. The van der Waals surface area contributed by atoms with Crippen molar-refractivity contribution in [3.05, 3.63) is 24.3 Å². The molecule has 1 aromatic carbocycles. The van der Waals surface area contributed by atoms with Gasteiger partial charge in [-0.3, -0.25) is 0 Å². The van der Waals surface area contributed by atoms with Crippen LogP contribution >= 0.6 is 0 Å². The summed E-state index contributed by atoms with van der Waals surface area (Å²) in [7, 11) is -3.37. The highest BCUT2D eigenvalue weighted by atomic mass is 32.2. The van der Waals surface area contributed by atoms with Crippen molar-refractivity contribution in [2.24, 2.45) is 5.92 Å². The minimum absolute atomic E-state index is 0.313. The third kappa shape index (κ3) is 4.21. The van der Waals surface area contributed by atoms with Gasteiger partial charge in [-0.05, 0) is 30.2 Å². The van der Waals surface area contributed by atoms with Gasteiger partial charge in [0.15, 0.2) is 0 Å². The number of nitrogens with zero attached hydrogens (tertiary/aromatic N) is 1. The van der Waals surface area contributed by atoms with E-state index >= 15 is 0 Å². The molecule has 19 heavy (non-hydrogen) atoms. The highest BCUT2D eigenvalue weighted by Gasteiger charge is 2.21. The highest BCUT2D eigenvalue weighted by Crippen LogP contribution is 2.19. The largest absolute Gasteiger partial charge is 0.493 e. The molecule has 108 valence electrons. The first-order chi connectivity index (χ1) is 8.91. The Morgan fingerprint density at radius 1 is 1.11 bits per heavy atom. The summed E-state index contributed by atoms with van der Waals surface area (Å²) in [5.41, 5.74) is 0. The van der Waals surface area contributed by atoms with Gasteiger partial charge in [0.05, 0.1) is 11.5 Å². The van der Waals surface area contributed by atoms with Crippen molar-refractivity contribution in [3.63, 3.8) is 0 Å². The lowest BCUT2D eigenvalue weighted by Crippen LogP contribution is -2.30. The van der Waals surface area contributed by atoms with Crippen molar-refractivity contribution < 1.29 is 13.2 Å². The molecule has 0 radical (unpaired) electrons. The third-order valence-corrected chi connectivity index (χ3v) is 4.81. The molecule has 0 heterocycles. The molecule has 0 spiro atoms. The van der Waals surface area contributed by atoms with E-state index in [9.17, 15) is 8.42 Å². The van der Waals surface area contributed by atoms with Crippen LogP contribution in [0, 0.1) is 5.92 Å². The molecule has 0 aromatic heterocycles. The number of benzene rings is 1. The van der Waals surface area contributed by atoms with E-state index in [1.807, 2.05) is 13.8 Å². The number of hydrogen-bond acceptors (Lipinski definition) is 3. The number of ether oxygens (including phenoxy) is 1. The second kappa shape index (κ2) is 6.91. The van der Waals surface area contributed by atoms with Crippen LogP contribution in [0.3, 0.4) is 0 Å². The van der Waals surface area contributed by atoms with Gasteiger partial charge in [-0.15, -0.1) is 0 Å². The third-order valence-electron chi connectivity index (χ3n) is 2.75. The Kier molecular flexibility index (Phi) is 5.82. The summed E-state index contributed by atoms with van der Waals surface area (Å²) < 4.78 is 31.5. The zero-order valence-electron chi connectivity index (χ0n) is 12.1. The van der Waals surface area contributed by atoms with Gasteiger partial charge in [0.2, 0.25) is 10.0 Å². The first-order valence-electron chi connectivity index (χ1n) is 6.64. The van der Waals surface area contributed by atoms with E-state index < -0.39 is 10.0 Å². The number of rotatable bonds is 7. The summed E-state index contributed by atoms with van der Waals surface area (Å²) in [6.45, 7) is 9.39. The van der Waals surface area contributed by atoms with Crippen LogP contribution in [0.5, 0.6) is 5.75 Å². The van der Waals surface area contributed by atoms with Crippen molar-refractivity contribution in [2.75, 3.05) is 19.7 Å². The van der Waals surface area contributed by atoms with Crippen LogP contribution < -0.4 is 4.74 Å². The summed E-state index contributed by atoms with van der Waals surface area (Å²) in [6.07, 6.45) is 0. The molecule has 1 aromatic rings. The molecule has 0 unspecified atom stereocenters. The minimum atomic E-state index is -3.37. The molecule has 0 aliphatic heterocycles. The predicted octanol–water partition coefficient (Wildman–Crippen LogP) is 2.75. The first kappa shape index (κ1) is 16.0. The molecule has 0 atom stereocenters. The maximum absolute atomic E-state index is 12.3. The molecule has 0 saturated carbocycles. The Hall–Kier alpha value is -1.07. The topological polar surface area (TPSA) is 46.6 Å². The Labute approximate surface area is 116 Å². The van der Waals surface area contributed by atoms with Crippen LogP contribution in [0.2, 0.25) is 0 Å². The quantitative estimate of drug-likeness (QED) is 0.774. The van der Waals surface area contributed by atoms with E-state index in [-0.39, 0.29) is 0 Å². The van der Waals surface area contributed by atoms with Gasteiger partial charge in [0, 0.05) is 13.1 Å². The molecule has 1 rings (SSSR count). The van der Waals surface area contributed by atoms with Gasteiger partial charge >= 0.3 is 0 Å². The lowest BCUT2D eigenvalue weighted by molar-refractivity contribution is 0.271. The van der Waals surface area contributed by atoms with E-state index in [2.05, 4.69) is 13.8 Å². The Balaban J connectivity index is 2.86. The molecule has 0 N–H and O–H groups in total. The predicted molar refractivity (Wildman–Crippen MR) is 76.9 cm³/mol. The normalized spacial score (nSPS) is 12.1. The van der Waals surface area contributed by atoms with Crippen molar-refractivity contribution in [1.82, 2.24) is 4.31 Å². The maximum Gasteiger partial charge on any atom is 0.243 e. The zero-order chi connectivity index (χ0) is 14.5. The van der Waals surface area contributed by atoms with Gasteiger partial charge in [0.25, 0.3) is 0 Å². The van der Waals surface area contributed by atoms with Gasteiger partial charge < -0.3 is 4.74 Å². The van der Waals surface area contributed by atoms with Crippen molar-refractivity contribution >= 4 is 10.0 Å². The van der Waals surface area contributed by atoms with Gasteiger partial charge in [0.1, 0.15) is 5.75 Å². The number of sulfonamides is 1.